The molecule has 1 aliphatic carbocycles. The van der Waals surface area contributed by atoms with Crippen molar-refractivity contribution in [3.8, 4) is 5.75 Å². The summed E-state index contributed by atoms with van der Waals surface area (Å²) in [6.07, 6.45) is 9.63. The first-order chi connectivity index (χ1) is 16.7. The zero-order valence-electron chi connectivity index (χ0n) is 19.5. The largest absolute Gasteiger partial charge is 0.492 e. The van der Waals surface area contributed by atoms with Crippen LogP contribution in [0.25, 0.3) is 10.2 Å². The highest BCUT2D eigenvalue weighted by atomic mass is 32.1. The summed E-state index contributed by atoms with van der Waals surface area (Å²) in [5.41, 5.74) is 4.48. The van der Waals surface area contributed by atoms with Crippen molar-refractivity contribution in [1.82, 2.24) is 14.9 Å². The number of anilines is 2. The molecule has 0 saturated carbocycles. The van der Waals surface area contributed by atoms with E-state index < -0.39 is 0 Å². The molecule has 1 saturated heterocycles. The Morgan fingerprint density at radius 2 is 2.12 bits per heavy atom. The number of carbonyl (C=O) groups excluding carboxylic acids is 1. The summed E-state index contributed by atoms with van der Waals surface area (Å²) in [6, 6.07) is 4.17. The summed E-state index contributed by atoms with van der Waals surface area (Å²) < 4.78 is 5.94. The molecule has 0 radical (unpaired) electrons. The second kappa shape index (κ2) is 8.98. The molecule has 1 N–H and O–H groups in total. The molecule has 0 spiro atoms. The van der Waals surface area contributed by atoms with Crippen molar-refractivity contribution < 1.29 is 9.53 Å². The SMILES string of the molecule is CCOc1cc2c(cc1Nc1ncnc3sc4c(c13)CCC(C(=O)N1CCCCC1)C4)C=NC2. The van der Waals surface area contributed by atoms with Gasteiger partial charge in [-0.2, -0.15) is 0 Å². The molecule has 7 nitrogen and oxygen atoms in total. The number of likely N-dealkylation sites (tertiary alicyclic amines) is 1. The third kappa shape index (κ3) is 3.83. The van der Waals surface area contributed by atoms with Gasteiger partial charge >= 0.3 is 0 Å². The lowest BCUT2D eigenvalue weighted by molar-refractivity contribution is -0.136. The minimum Gasteiger partial charge on any atom is -0.492 e. The number of aromatic nitrogens is 2. The van der Waals surface area contributed by atoms with Gasteiger partial charge in [0.05, 0.1) is 24.2 Å². The van der Waals surface area contributed by atoms with Crippen molar-refractivity contribution in [2.45, 2.75) is 52.0 Å². The van der Waals surface area contributed by atoms with Gasteiger partial charge in [-0.15, -0.1) is 11.3 Å². The van der Waals surface area contributed by atoms with E-state index >= 15 is 0 Å². The summed E-state index contributed by atoms with van der Waals surface area (Å²) in [7, 11) is 0. The Morgan fingerprint density at radius 3 is 2.97 bits per heavy atom. The van der Waals surface area contributed by atoms with Gasteiger partial charge < -0.3 is 15.0 Å². The van der Waals surface area contributed by atoms with Gasteiger partial charge in [0.2, 0.25) is 5.91 Å². The van der Waals surface area contributed by atoms with Crippen LogP contribution in [-0.2, 0) is 24.2 Å². The zero-order valence-corrected chi connectivity index (χ0v) is 20.3. The van der Waals surface area contributed by atoms with Gasteiger partial charge in [-0.25, -0.2) is 9.97 Å². The van der Waals surface area contributed by atoms with Crippen LogP contribution in [0.1, 0.15) is 54.2 Å². The molecule has 2 aliphatic heterocycles. The topological polar surface area (TPSA) is 79.7 Å². The number of piperidine rings is 1. The highest BCUT2D eigenvalue weighted by Crippen LogP contribution is 2.42. The number of aryl methyl sites for hydroxylation is 1. The Labute approximate surface area is 203 Å². The van der Waals surface area contributed by atoms with Crippen LogP contribution in [-0.4, -0.2) is 46.7 Å². The van der Waals surface area contributed by atoms with Crippen LogP contribution >= 0.6 is 11.3 Å². The van der Waals surface area contributed by atoms with Crippen molar-refractivity contribution in [2.24, 2.45) is 10.9 Å². The monoisotopic (exact) mass is 475 g/mol. The van der Waals surface area contributed by atoms with E-state index in [9.17, 15) is 4.79 Å². The van der Waals surface area contributed by atoms with Gasteiger partial charge in [0.1, 0.15) is 22.7 Å². The molecule has 176 valence electrons. The van der Waals surface area contributed by atoms with E-state index in [1.807, 2.05) is 13.1 Å². The zero-order chi connectivity index (χ0) is 23.1. The number of thiophene rings is 1. The maximum atomic E-state index is 13.1. The Balaban J connectivity index is 1.31. The van der Waals surface area contributed by atoms with Gasteiger partial charge in [0.25, 0.3) is 0 Å². The third-order valence-corrected chi connectivity index (χ3v) is 8.31. The van der Waals surface area contributed by atoms with Crippen molar-refractivity contribution in [3.63, 3.8) is 0 Å². The normalized spacial score (nSPS) is 19.2. The minimum absolute atomic E-state index is 0.0867. The van der Waals surface area contributed by atoms with Crippen LogP contribution in [0.2, 0.25) is 0 Å². The number of carbonyl (C=O) groups is 1. The Bertz CT molecular complexity index is 1280. The van der Waals surface area contributed by atoms with Crippen molar-refractivity contribution in [1.29, 1.82) is 0 Å². The number of fused-ring (bicyclic) bond motifs is 4. The lowest BCUT2D eigenvalue weighted by Crippen LogP contribution is -2.41. The first-order valence-electron chi connectivity index (χ1n) is 12.3. The van der Waals surface area contributed by atoms with Crippen LogP contribution in [0.5, 0.6) is 5.75 Å². The average molecular weight is 476 g/mol. The number of ether oxygens (including phenoxy) is 1. The molecule has 4 heterocycles. The predicted octanol–water partition coefficient (Wildman–Crippen LogP) is 4.88. The average Bonchev–Trinajstić information content (AvgIpc) is 3.48. The van der Waals surface area contributed by atoms with E-state index in [0.29, 0.717) is 19.1 Å². The van der Waals surface area contributed by atoms with Crippen LogP contribution in [0, 0.1) is 5.92 Å². The van der Waals surface area contributed by atoms with Gasteiger partial charge in [0, 0.05) is 30.1 Å². The fourth-order valence-corrected chi connectivity index (χ4v) is 6.69. The molecule has 1 unspecified atom stereocenters. The fourth-order valence-electron chi connectivity index (χ4n) is 5.43. The minimum atomic E-state index is 0.0867. The van der Waals surface area contributed by atoms with E-state index in [-0.39, 0.29) is 5.92 Å². The van der Waals surface area contributed by atoms with E-state index in [1.54, 1.807) is 17.7 Å². The molecule has 1 amide bonds. The highest BCUT2D eigenvalue weighted by Gasteiger charge is 2.32. The molecule has 1 fully saturated rings. The van der Waals surface area contributed by atoms with E-state index in [2.05, 4.69) is 37.3 Å². The van der Waals surface area contributed by atoms with E-state index in [1.165, 1.54) is 22.4 Å². The number of amides is 1. The molecular weight excluding hydrogens is 446 g/mol. The Kier molecular flexibility index (Phi) is 5.69. The molecule has 1 aromatic carbocycles. The maximum absolute atomic E-state index is 13.1. The predicted molar refractivity (Wildman–Crippen MR) is 136 cm³/mol. The molecule has 8 heteroatoms. The standard InChI is InChI=1S/C26H29N5O2S/c1-2-33-21-11-18-14-27-13-17(18)10-20(21)30-24-23-19-7-6-16(26(32)31-8-4-3-5-9-31)12-22(19)34-25(23)29-15-28-24/h10-11,13,15-16H,2-9,12,14H2,1H3,(H,28,29,30). The number of rotatable bonds is 5. The molecule has 1 atom stereocenters. The second-order valence-corrected chi connectivity index (χ2v) is 10.4. The van der Waals surface area contributed by atoms with Crippen LogP contribution in [0.3, 0.4) is 0 Å². The van der Waals surface area contributed by atoms with E-state index in [4.69, 9.17) is 4.74 Å². The smallest absolute Gasteiger partial charge is 0.226 e. The number of aliphatic imine (C=N–C) groups is 1. The second-order valence-electron chi connectivity index (χ2n) is 9.31. The van der Waals surface area contributed by atoms with Crippen molar-refractivity contribution in [3.05, 3.63) is 40.0 Å². The van der Waals surface area contributed by atoms with Gasteiger partial charge in [-0.05, 0) is 74.3 Å². The molecule has 34 heavy (non-hydrogen) atoms. The summed E-state index contributed by atoms with van der Waals surface area (Å²) in [4.78, 5) is 31.1. The summed E-state index contributed by atoms with van der Waals surface area (Å²) >= 11 is 1.71. The molecule has 2 aromatic heterocycles. The molecular formula is C26H29N5O2S. The maximum Gasteiger partial charge on any atom is 0.226 e. The number of nitrogens with one attached hydrogen (secondary N) is 1. The molecule has 3 aromatic rings. The molecule has 3 aliphatic rings. The fraction of sp³-hybridized carbons (Fsp3) is 0.462. The summed E-state index contributed by atoms with van der Waals surface area (Å²) in [5, 5.41) is 4.63. The van der Waals surface area contributed by atoms with E-state index in [0.717, 1.165) is 78.2 Å². The number of hydrogen-bond donors (Lipinski definition) is 1. The first kappa shape index (κ1) is 21.5. The lowest BCUT2D eigenvalue weighted by Gasteiger charge is -2.32. The van der Waals surface area contributed by atoms with Gasteiger partial charge in [-0.3, -0.25) is 9.79 Å². The van der Waals surface area contributed by atoms with Gasteiger partial charge in [0.15, 0.2) is 0 Å². The third-order valence-electron chi connectivity index (χ3n) is 7.15. The molecule has 0 bridgehead atoms. The number of benzene rings is 1. The highest BCUT2D eigenvalue weighted by molar-refractivity contribution is 7.19. The summed E-state index contributed by atoms with van der Waals surface area (Å²) in [5.74, 6) is 2.05. The molecule has 6 rings (SSSR count). The first-order valence-corrected chi connectivity index (χ1v) is 13.1. The van der Waals surface area contributed by atoms with Crippen LogP contribution in [0.4, 0.5) is 11.5 Å². The van der Waals surface area contributed by atoms with Crippen LogP contribution in [0.15, 0.2) is 23.5 Å². The van der Waals surface area contributed by atoms with Crippen molar-refractivity contribution >= 4 is 45.2 Å². The lowest BCUT2D eigenvalue weighted by atomic mass is 9.86. The number of hydrogen-bond acceptors (Lipinski definition) is 7. The quantitative estimate of drug-likeness (QED) is 0.569. The van der Waals surface area contributed by atoms with Crippen LogP contribution < -0.4 is 10.1 Å². The number of nitrogens with zero attached hydrogens (tertiary/aromatic N) is 4. The van der Waals surface area contributed by atoms with Gasteiger partial charge in [-0.1, -0.05) is 0 Å². The Morgan fingerprint density at radius 1 is 1.24 bits per heavy atom. The Hall–Kier alpha value is -3.00. The summed E-state index contributed by atoms with van der Waals surface area (Å²) in [6.45, 7) is 5.12. The van der Waals surface area contributed by atoms with Crippen molar-refractivity contribution in [2.75, 3.05) is 25.0 Å².